The van der Waals surface area contributed by atoms with Crippen molar-refractivity contribution in [1.29, 1.82) is 0 Å². The van der Waals surface area contributed by atoms with Gasteiger partial charge in [-0.2, -0.15) is 0 Å². The Balaban J connectivity index is 2.59. The first-order valence-corrected chi connectivity index (χ1v) is 7.48. The third-order valence-electron chi connectivity index (χ3n) is 3.27. The van der Waals surface area contributed by atoms with Gasteiger partial charge in [0.2, 0.25) is 0 Å². The molecule has 0 saturated carbocycles. The first-order valence-electron chi connectivity index (χ1n) is 7.48. The van der Waals surface area contributed by atoms with Gasteiger partial charge in [0.1, 0.15) is 19.8 Å². The maximum Gasteiger partial charge on any atom is 0.409 e. The highest BCUT2D eigenvalue weighted by molar-refractivity contribution is 5.81. The SMILES string of the molecule is C=CC(=O)OCC(C)(COC(=O)C=C)COC(=O)N1CCOCC1. The van der Waals surface area contributed by atoms with Gasteiger partial charge in [-0.1, -0.05) is 13.2 Å². The summed E-state index contributed by atoms with van der Waals surface area (Å²) in [6.45, 7) is 9.82. The zero-order chi connectivity index (χ0) is 18.0. The molecular weight excluding hydrogens is 318 g/mol. The lowest BCUT2D eigenvalue weighted by Crippen LogP contribution is -2.43. The number of carbonyl (C=O) groups excluding carboxylic acids is 3. The number of hydrogen-bond acceptors (Lipinski definition) is 7. The molecule has 0 aromatic carbocycles. The summed E-state index contributed by atoms with van der Waals surface area (Å²) < 4.78 is 20.4. The predicted octanol–water partition coefficient (Wildman–Crippen LogP) is 0.920. The van der Waals surface area contributed by atoms with Gasteiger partial charge >= 0.3 is 18.0 Å². The van der Waals surface area contributed by atoms with Crippen LogP contribution >= 0.6 is 0 Å². The molecule has 0 aliphatic carbocycles. The maximum atomic E-state index is 12.0. The summed E-state index contributed by atoms with van der Waals surface area (Å²) in [7, 11) is 0. The van der Waals surface area contributed by atoms with E-state index < -0.39 is 23.4 Å². The quantitative estimate of drug-likeness (QED) is 0.368. The second kappa shape index (κ2) is 9.71. The Kier molecular flexibility index (Phi) is 7.97. The van der Waals surface area contributed by atoms with Gasteiger partial charge < -0.3 is 23.8 Å². The summed E-state index contributed by atoms with van der Waals surface area (Å²) in [5.41, 5.74) is -0.890. The number of ether oxygens (including phenoxy) is 4. The van der Waals surface area contributed by atoms with Crippen molar-refractivity contribution >= 4 is 18.0 Å². The Morgan fingerprint density at radius 2 is 1.46 bits per heavy atom. The second-order valence-corrected chi connectivity index (χ2v) is 5.59. The van der Waals surface area contributed by atoms with E-state index in [9.17, 15) is 14.4 Å². The van der Waals surface area contributed by atoms with Crippen LogP contribution in [0.15, 0.2) is 25.3 Å². The highest BCUT2D eigenvalue weighted by Gasteiger charge is 2.31. The third-order valence-corrected chi connectivity index (χ3v) is 3.27. The molecule has 0 N–H and O–H groups in total. The topological polar surface area (TPSA) is 91.4 Å². The Morgan fingerprint density at radius 3 is 1.92 bits per heavy atom. The van der Waals surface area contributed by atoms with Crippen LogP contribution in [0.3, 0.4) is 0 Å². The van der Waals surface area contributed by atoms with Crippen molar-refractivity contribution in [3.8, 4) is 0 Å². The van der Waals surface area contributed by atoms with E-state index in [1.165, 1.54) is 4.90 Å². The fraction of sp³-hybridized carbons (Fsp3) is 0.562. The van der Waals surface area contributed by atoms with Gasteiger partial charge in [0.05, 0.1) is 18.6 Å². The van der Waals surface area contributed by atoms with Crippen LogP contribution in [0.5, 0.6) is 0 Å². The van der Waals surface area contributed by atoms with Crippen molar-refractivity contribution in [3.63, 3.8) is 0 Å². The van der Waals surface area contributed by atoms with E-state index in [-0.39, 0.29) is 19.8 Å². The minimum Gasteiger partial charge on any atom is -0.462 e. The number of esters is 2. The average molecular weight is 341 g/mol. The summed E-state index contributed by atoms with van der Waals surface area (Å²) in [6, 6.07) is 0. The third kappa shape index (κ3) is 6.82. The highest BCUT2D eigenvalue weighted by atomic mass is 16.6. The number of rotatable bonds is 8. The molecule has 8 nitrogen and oxygen atoms in total. The van der Waals surface area contributed by atoms with E-state index in [1.54, 1.807) is 6.92 Å². The van der Waals surface area contributed by atoms with E-state index >= 15 is 0 Å². The number of nitrogens with zero attached hydrogens (tertiary/aromatic N) is 1. The van der Waals surface area contributed by atoms with Crippen molar-refractivity contribution in [2.24, 2.45) is 5.41 Å². The van der Waals surface area contributed by atoms with Crippen LogP contribution in [0.2, 0.25) is 0 Å². The minimum absolute atomic E-state index is 0.0853. The summed E-state index contributed by atoms with van der Waals surface area (Å²) in [5, 5.41) is 0. The van der Waals surface area contributed by atoms with Gasteiger partial charge in [0, 0.05) is 25.2 Å². The van der Waals surface area contributed by atoms with Crippen LogP contribution in [0.1, 0.15) is 6.92 Å². The van der Waals surface area contributed by atoms with Gasteiger partial charge in [-0.25, -0.2) is 14.4 Å². The number of carbonyl (C=O) groups is 3. The number of morpholine rings is 1. The molecule has 0 radical (unpaired) electrons. The molecule has 0 unspecified atom stereocenters. The largest absolute Gasteiger partial charge is 0.462 e. The zero-order valence-electron chi connectivity index (χ0n) is 13.8. The molecule has 0 aromatic heterocycles. The van der Waals surface area contributed by atoms with Crippen LogP contribution < -0.4 is 0 Å². The predicted molar refractivity (Wildman–Crippen MR) is 84.2 cm³/mol. The zero-order valence-corrected chi connectivity index (χ0v) is 13.8. The normalized spacial score (nSPS) is 14.5. The molecule has 1 amide bonds. The lowest BCUT2D eigenvalue weighted by molar-refractivity contribution is -0.149. The van der Waals surface area contributed by atoms with Crippen LogP contribution in [-0.2, 0) is 28.5 Å². The summed E-state index contributed by atoms with van der Waals surface area (Å²) in [5.74, 6) is -1.23. The summed E-state index contributed by atoms with van der Waals surface area (Å²) in [6.07, 6.45) is 1.56. The van der Waals surface area contributed by atoms with Gasteiger partial charge in [0.15, 0.2) is 0 Å². The van der Waals surface area contributed by atoms with Crippen molar-refractivity contribution in [3.05, 3.63) is 25.3 Å². The van der Waals surface area contributed by atoms with E-state index in [2.05, 4.69) is 13.2 Å². The molecule has 134 valence electrons. The molecule has 1 saturated heterocycles. The summed E-state index contributed by atoms with van der Waals surface area (Å²) >= 11 is 0. The molecule has 0 bridgehead atoms. The Hall–Kier alpha value is -2.35. The molecule has 0 spiro atoms. The highest BCUT2D eigenvalue weighted by Crippen LogP contribution is 2.19. The fourth-order valence-corrected chi connectivity index (χ4v) is 1.81. The lowest BCUT2D eigenvalue weighted by atomic mass is 9.94. The van der Waals surface area contributed by atoms with E-state index in [1.807, 2.05) is 0 Å². The molecule has 1 heterocycles. The molecule has 0 atom stereocenters. The fourth-order valence-electron chi connectivity index (χ4n) is 1.81. The Bertz CT molecular complexity index is 459. The molecule has 0 aromatic rings. The van der Waals surface area contributed by atoms with Gasteiger partial charge in [-0.15, -0.1) is 0 Å². The smallest absolute Gasteiger partial charge is 0.409 e. The monoisotopic (exact) mass is 341 g/mol. The van der Waals surface area contributed by atoms with Gasteiger partial charge in [-0.3, -0.25) is 0 Å². The first kappa shape index (κ1) is 19.7. The van der Waals surface area contributed by atoms with Crippen molar-refractivity contribution in [2.75, 3.05) is 46.1 Å². The second-order valence-electron chi connectivity index (χ2n) is 5.59. The van der Waals surface area contributed by atoms with E-state index in [4.69, 9.17) is 18.9 Å². The first-order chi connectivity index (χ1) is 11.4. The van der Waals surface area contributed by atoms with Crippen LogP contribution in [0.4, 0.5) is 4.79 Å². The van der Waals surface area contributed by atoms with Crippen LogP contribution in [-0.4, -0.2) is 69.1 Å². The van der Waals surface area contributed by atoms with Crippen LogP contribution in [0, 0.1) is 5.41 Å². The molecular formula is C16H23NO7. The summed E-state index contributed by atoms with van der Waals surface area (Å²) in [4.78, 5) is 36.0. The molecule has 1 fully saturated rings. The Labute approximate surface area is 141 Å². The maximum absolute atomic E-state index is 12.0. The lowest BCUT2D eigenvalue weighted by Gasteiger charge is -2.30. The van der Waals surface area contributed by atoms with Crippen molar-refractivity contribution in [2.45, 2.75) is 6.92 Å². The van der Waals surface area contributed by atoms with Gasteiger partial charge in [0.25, 0.3) is 0 Å². The number of hydrogen-bond donors (Lipinski definition) is 0. The van der Waals surface area contributed by atoms with Crippen LogP contribution in [0.25, 0.3) is 0 Å². The average Bonchev–Trinajstić information content (AvgIpc) is 2.63. The standard InChI is InChI=1S/C16H23NO7/c1-4-13(18)22-10-16(3,11-23-14(19)5-2)12-24-15(20)17-6-8-21-9-7-17/h4-5H,1-2,6-12H2,3H3. The molecule has 1 rings (SSSR count). The minimum atomic E-state index is -0.890. The van der Waals surface area contributed by atoms with Crippen molar-refractivity contribution in [1.82, 2.24) is 4.90 Å². The number of amides is 1. The molecule has 24 heavy (non-hydrogen) atoms. The molecule has 8 heteroatoms. The molecule has 1 aliphatic rings. The van der Waals surface area contributed by atoms with E-state index in [0.717, 1.165) is 12.2 Å². The Morgan fingerprint density at radius 1 is 1.00 bits per heavy atom. The molecule has 1 aliphatic heterocycles. The van der Waals surface area contributed by atoms with Crippen molar-refractivity contribution < 1.29 is 33.3 Å². The van der Waals surface area contributed by atoms with E-state index in [0.29, 0.717) is 26.3 Å². The van der Waals surface area contributed by atoms with Gasteiger partial charge in [-0.05, 0) is 6.92 Å².